The third kappa shape index (κ3) is 6.47. The number of nitrogens with zero attached hydrogens (tertiary/aromatic N) is 2. The van der Waals surface area contributed by atoms with E-state index in [-0.39, 0.29) is 34.3 Å². The SMILES string of the molecule is NS(=O)(=O)c1cccc(N(C(=O)CNS(=O)(=O)N2CC2)[C@@H](C(=O)NC2CC(F)(F)C2)c2ccccc2Cl)c1. The maximum Gasteiger partial charge on any atom is 0.280 e. The second-order valence-electron chi connectivity index (χ2n) is 8.93. The highest BCUT2D eigenvalue weighted by Gasteiger charge is 2.47. The summed E-state index contributed by atoms with van der Waals surface area (Å²) in [6, 6.07) is 8.34. The van der Waals surface area contributed by atoms with E-state index in [0.29, 0.717) is 0 Å². The van der Waals surface area contributed by atoms with Crippen LogP contribution in [-0.4, -0.2) is 64.6 Å². The van der Waals surface area contributed by atoms with Crippen LogP contribution in [0.15, 0.2) is 53.4 Å². The number of hydrogen-bond donors (Lipinski definition) is 3. The molecule has 0 unspecified atom stereocenters. The van der Waals surface area contributed by atoms with Crippen LogP contribution in [0.4, 0.5) is 14.5 Å². The van der Waals surface area contributed by atoms with Crippen molar-refractivity contribution in [3.8, 4) is 0 Å². The third-order valence-corrected chi connectivity index (χ3v) is 8.80. The Balaban J connectivity index is 1.77. The van der Waals surface area contributed by atoms with E-state index in [1.165, 1.54) is 36.4 Å². The van der Waals surface area contributed by atoms with Crippen molar-refractivity contribution in [2.24, 2.45) is 5.14 Å². The summed E-state index contributed by atoms with van der Waals surface area (Å²) >= 11 is 6.36. The first kappa shape index (κ1) is 28.3. The van der Waals surface area contributed by atoms with Gasteiger partial charge < -0.3 is 5.32 Å². The van der Waals surface area contributed by atoms with Crippen molar-refractivity contribution >= 4 is 49.3 Å². The zero-order valence-corrected chi connectivity index (χ0v) is 22.1. The first-order valence-electron chi connectivity index (χ1n) is 11.3. The van der Waals surface area contributed by atoms with E-state index in [1.807, 2.05) is 0 Å². The summed E-state index contributed by atoms with van der Waals surface area (Å²) in [5.74, 6) is -4.75. The number of sulfonamides is 1. The largest absolute Gasteiger partial charge is 0.351 e. The molecule has 1 heterocycles. The lowest BCUT2D eigenvalue weighted by atomic mass is 9.87. The lowest BCUT2D eigenvalue weighted by Gasteiger charge is -2.38. The molecule has 2 aliphatic rings. The molecule has 1 aliphatic heterocycles. The molecule has 0 spiro atoms. The summed E-state index contributed by atoms with van der Waals surface area (Å²) in [7, 11) is -8.20. The van der Waals surface area contributed by atoms with Gasteiger partial charge in [-0.2, -0.15) is 17.4 Å². The van der Waals surface area contributed by atoms with Crippen LogP contribution in [0.3, 0.4) is 0 Å². The molecule has 4 N–H and O–H groups in total. The summed E-state index contributed by atoms with van der Waals surface area (Å²) in [5.41, 5.74) is -0.0210. The van der Waals surface area contributed by atoms with Crippen molar-refractivity contribution in [1.82, 2.24) is 14.3 Å². The number of primary sulfonamides is 1. The van der Waals surface area contributed by atoms with Crippen molar-refractivity contribution in [2.75, 3.05) is 24.5 Å². The normalized spacial score (nSPS) is 18.3. The molecule has 0 bridgehead atoms. The topological polar surface area (TPSA) is 159 Å². The average molecular weight is 592 g/mol. The molecule has 1 saturated carbocycles. The molecular weight excluding hydrogens is 568 g/mol. The summed E-state index contributed by atoms with van der Waals surface area (Å²) < 4.78 is 78.7. The molecule has 2 aromatic carbocycles. The van der Waals surface area contributed by atoms with E-state index in [9.17, 15) is 35.2 Å². The van der Waals surface area contributed by atoms with Gasteiger partial charge in [-0.05, 0) is 24.3 Å². The van der Waals surface area contributed by atoms with Crippen LogP contribution in [0.2, 0.25) is 5.02 Å². The average Bonchev–Trinajstić information content (AvgIpc) is 3.66. The first-order valence-corrected chi connectivity index (χ1v) is 14.7. The molecule has 4 rings (SSSR count). The molecule has 2 amide bonds. The number of alkyl halides is 2. The molecule has 0 aromatic heterocycles. The highest BCUT2D eigenvalue weighted by molar-refractivity contribution is 7.89. The van der Waals surface area contributed by atoms with Gasteiger partial charge in [-0.3, -0.25) is 14.5 Å². The number of halogens is 3. The molecular formula is C22H24ClF2N5O6S2. The summed E-state index contributed by atoms with van der Waals surface area (Å²) in [6.07, 6.45) is -1.20. The maximum atomic E-state index is 13.6. The number of benzene rings is 2. The molecule has 38 heavy (non-hydrogen) atoms. The van der Waals surface area contributed by atoms with Crippen molar-refractivity contribution in [1.29, 1.82) is 0 Å². The summed E-state index contributed by atoms with van der Waals surface area (Å²) in [4.78, 5) is 27.6. The van der Waals surface area contributed by atoms with Gasteiger partial charge in [-0.1, -0.05) is 35.9 Å². The summed E-state index contributed by atoms with van der Waals surface area (Å²) in [5, 5.41) is 7.79. The van der Waals surface area contributed by atoms with E-state index in [0.717, 1.165) is 15.3 Å². The summed E-state index contributed by atoms with van der Waals surface area (Å²) in [6.45, 7) is -0.241. The zero-order chi connectivity index (χ0) is 27.9. The van der Waals surface area contributed by atoms with Gasteiger partial charge in [0.2, 0.25) is 21.8 Å². The number of nitrogens with two attached hydrogens (primary N) is 1. The van der Waals surface area contributed by atoms with Crippen molar-refractivity contribution in [3.05, 3.63) is 59.1 Å². The second kappa shape index (κ2) is 10.5. The number of hydrogen-bond acceptors (Lipinski definition) is 6. The van der Waals surface area contributed by atoms with Crippen molar-refractivity contribution in [3.63, 3.8) is 0 Å². The van der Waals surface area contributed by atoms with Gasteiger partial charge in [-0.15, -0.1) is 0 Å². The Morgan fingerprint density at radius 1 is 1.11 bits per heavy atom. The minimum Gasteiger partial charge on any atom is -0.351 e. The number of amides is 2. The van der Waals surface area contributed by atoms with Crippen LogP contribution >= 0.6 is 11.6 Å². The van der Waals surface area contributed by atoms with Gasteiger partial charge in [0, 0.05) is 48.2 Å². The van der Waals surface area contributed by atoms with Gasteiger partial charge in [0.05, 0.1) is 11.4 Å². The van der Waals surface area contributed by atoms with E-state index < -0.39 is 69.4 Å². The first-order chi connectivity index (χ1) is 17.7. The highest BCUT2D eigenvalue weighted by atomic mass is 35.5. The van der Waals surface area contributed by atoms with E-state index in [4.69, 9.17) is 16.7 Å². The maximum absolute atomic E-state index is 13.6. The predicted octanol–water partition coefficient (Wildman–Crippen LogP) is 1.13. The van der Waals surface area contributed by atoms with Gasteiger partial charge in [-0.25, -0.2) is 22.3 Å². The molecule has 206 valence electrons. The van der Waals surface area contributed by atoms with Gasteiger partial charge in [0.15, 0.2) is 0 Å². The number of anilines is 1. The Hall–Kier alpha value is -2.69. The highest BCUT2D eigenvalue weighted by Crippen LogP contribution is 2.39. The minimum absolute atomic E-state index is 0.0525. The number of nitrogens with one attached hydrogen (secondary N) is 2. The third-order valence-electron chi connectivity index (χ3n) is 5.99. The predicted molar refractivity (Wildman–Crippen MR) is 134 cm³/mol. The lowest BCUT2D eigenvalue weighted by molar-refractivity contribution is -0.132. The Kier molecular flexibility index (Phi) is 7.80. The smallest absolute Gasteiger partial charge is 0.280 e. The zero-order valence-electron chi connectivity index (χ0n) is 19.7. The van der Waals surface area contributed by atoms with Crippen LogP contribution < -0.4 is 20.1 Å². The molecule has 2 fully saturated rings. The van der Waals surface area contributed by atoms with E-state index >= 15 is 0 Å². The number of carbonyl (C=O) groups excluding carboxylic acids is 2. The van der Waals surface area contributed by atoms with Crippen LogP contribution in [0.5, 0.6) is 0 Å². The van der Waals surface area contributed by atoms with Crippen molar-refractivity contribution < 1.29 is 35.2 Å². The Morgan fingerprint density at radius 3 is 2.34 bits per heavy atom. The fourth-order valence-corrected chi connectivity index (χ4v) is 5.84. The molecule has 1 saturated heterocycles. The number of carbonyl (C=O) groups is 2. The Labute approximate surface area is 223 Å². The van der Waals surface area contributed by atoms with E-state index in [2.05, 4.69) is 10.0 Å². The fourth-order valence-electron chi connectivity index (χ4n) is 4.00. The van der Waals surface area contributed by atoms with Crippen molar-refractivity contribution in [2.45, 2.75) is 35.7 Å². The fraction of sp³-hybridized carbons (Fsp3) is 0.364. The molecule has 1 atom stereocenters. The van der Waals surface area contributed by atoms with Crippen LogP contribution in [-0.2, 0) is 29.8 Å². The van der Waals surface area contributed by atoms with Gasteiger partial charge >= 0.3 is 0 Å². The van der Waals surface area contributed by atoms with Gasteiger partial charge in [0.25, 0.3) is 16.1 Å². The van der Waals surface area contributed by atoms with Crippen LogP contribution in [0.25, 0.3) is 0 Å². The molecule has 0 radical (unpaired) electrons. The minimum atomic E-state index is -4.23. The number of rotatable bonds is 10. The van der Waals surface area contributed by atoms with Crippen LogP contribution in [0.1, 0.15) is 24.4 Å². The Bertz CT molecular complexity index is 1460. The monoisotopic (exact) mass is 591 g/mol. The second-order valence-corrected chi connectivity index (χ2v) is 12.6. The standard InChI is InChI=1S/C22H24ClF2N5O6S2/c23-18-7-2-1-6-17(18)20(21(32)28-14-11-22(24,25)12-14)30(15-4-3-5-16(10-15)37(26,33)34)19(31)13-27-38(35,36)29-8-9-29/h1-7,10,14,20,27H,8-9,11-13H2,(H,28,32)(H2,26,33,34)/t20-/m1/s1. The molecule has 11 nitrogen and oxygen atoms in total. The van der Waals surface area contributed by atoms with Crippen LogP contribution in [0, 0.1) is 0 Å². The lowest BCUT2D eigenvalue weighted by Crippen LogP contribution is -2.55. The Morgan fingerprint density at radius 2 is 1.76 bits per heavy atom. The van der Waals surface area contributed by atoms with E-state index in [1.54, 1.807) is 6.07 Å². The molecule has 1 aliphatic carbocycles. The molecule has 2 aromatic rings. The quantitative estimate of drug-likeness (QED) is 0.351. The molecule has 16 heteroatoms. The van der Waals surface area contributed by atoms with Gasteiger partial charge in [0.1, 0.15) is 6.04 Å².